The quantitative estimate of drug-likeness (QED) is 0.0307. The van der Waals surface area contributed by atoms with Crippen molar-refractivity contribution in [3.63, 3.8) is 0 Å². The van der Waals surface area contributed by atoms with Gasteiger partial charge in [0.25, 0.3) is 0 Å². The van der Waals surface area contributed by atoms with Crippen molar-refractivity contribution in [1.82, 2.24) is 0 Å². The van der Waals surface area contributed by atoms with E-state index < -0.39 is 11.9 Å². The first-order valence-corrected chi connectivity index (χ1v) is 43.2. The Hall–Kier alpha value is -14.5. The van der Waals surface area contributed by atoms with Gasteiger partial charge < -0.3 is 46.0 Å². The van der Waals surface area contributed by atoms with Gasteiger partial charge in [0.15, 0.2) is 23.1 Å². The number of hydrogen-bond donors (Lipinski definition) is 26. The fraction of sp³-hybridized carbons (Fsp3) is 0.196. The number of carbonyl (C=O) groups is 6. The van der Waals surface area contributed by atoms with Crippen molar-refractivity contribution in [3.05, 3.63) is 502 Å². The summed E-state index contributed by atoms with van der Waals surface area (Å²) in [6.07, 6.45) is 3.50. The minimum Gasteiger partial charge on any atom is -0.478 e. The lowest BCUT2D eigenvalue weighted by molar-refractivity contribution is -0.215. The average molecular weight is 2090 g/mol. The first-order chi connectivity index (χ1) is 72.5. The number of aromatic carboxylic acids is 2. The van der Waals surface area contributed by atoms with Gasteiger partial charge in [-0.25, -0.2) is 34.0 Å². The van der Waals surface area contributed by atoms with Crippen LogP contribution in [-0.2, 0) is 47.1 Å². The molecule has 1 spiro atoms. The third-order valence-electron chi connectivity index (χ3n) is 18.3. The summed E-state index contributed by atoms with van der Waals surface area (Å²) in [5, 5.41) is 173. The van der Waals surface area contributed by atoms with E-state index in [1.807, 2.05) is 243 Å². The zero-order valence-electron chi connectivity index (χ0n) is 86.0. The highest BCUT2D eigenvalue weighted by atomic mass is 17.1. The van der Waals surface area contributed by atoms with E-state index in [0.717, 1.165) is 101 Å². The van der Waals surface area contributed by atoms with Crippen LogP contribution in [0.2, 0.25) is 0 Å². The van der Waals surface area contributed by atoms with Gasteiger partial charge >= 0.3 is 11.9 Å². The Labute approximate surface area is 869 Å². The summed E-state index contributed by atoms with van der Waals surface area (Å²) in [5.41, 5.74) is 16.3. The van der Waals surface area contributed by atoms with Crippen LogP contribution in [0.25, 0.3) is 0 Å². The van der Waals surface area contributed by atoms with Gasteiger partial charge in [-0.15, -0.1) is 0 Å². The molecule has 14 aromatic rings. The van der Waals surface area contributed by atoms with Crippen molar-refractivity contribution < 1.29 is 189 Å². The van der Waals surface area contributed by atoms with Crippen molar-refractivity contribution in [2.45, 2.75) is 63.2 Å². The van der Waals surface area contributed by atoms with E-state index in [4.69, 9.17) is 135 Å². The second kappa shape index (κ2) is 111. The van der Waals surface area contributed by atoms with Crippen LogP contribution in [0.5, 0.6) is 0 Å². The zero-order chi connectivity index (χ0) is 116. The van der Waals surface area contributed by atoms with Gasteiger partial charge in [-0.1, -0.05) is 416 Å². The molecule has 2 aliphatic carbocycles. The molecule has 37 nitrogen and oxygen atoms in total. The van der Waals surface area contributed by atoms with Crippen molar-refractivity contribution in [3.8, 4) is 0 Å². The molecule has 0 heterocycles. The number of rotatable bonds is 12. The largest absolute Gasteiger partial charge is 0.478 e. The first-order valence-electron chi connectivity index (χ1n) is 43.2. The summed E-state index contributed by atoms with van der Waals surface area (Å²) >= 11 is 0. The zero-order valence-corrected chi connectivity index (χ0v) is 86.0. The van der Waals surface area contributed by atoms with E-state index in [2.05, 4.69) is 161 Å². The minimum absolute atomic E-state index is 0.0752. The Bertz CT molecular complexity index is 4570. The highest BCUT2D eigenvalue weighted by molar-refractivity contribution is 6.10. The maximum Gasteiger partial charge on any atom is 0.335 e. The number of carboxylic acids is 2. The van der Waals surface area contributed by atoms with Gasteiger partial charge in [-0.3, -0.25) is 109 Å². The number of ketones is 4. The maximum atomic E-state index is 11.8. The molecule has 0 bridgehead atoms. The monoisotopic (exact) mass is 2080 g/mol. The second-order valence-electron chi connectivity index (χ2n) is 27.9. The normalized spacial score (nSPS) is 9.96. The third-order valence-corrected chi connectivity index (χ3v) is 18.3. The Morgan fingerprint density at radius 1 is 0.195 bits per heavy atom. The Morgan fingerprint density at radius 2 is 0.302 bits per heavy atom. The van der Waals surface area contributed by atoms with Crippen LogP contribution in [0, 0.1) is 0 Å². The van der Waals surface area contributed by atoms with Crippen molar-refractivity contribution >= 4 is 35.1 Å². The number of aliphatic hydroxyl groups is 7. The van der Waals surface area contributed by atoms with Gasteiger partial charge in [0.05, 0.1) is 46.7 Å². The number of hydrogen-bond acceptors (Lipinski definition) is 35. The molecule has 2 aliphatic rings. The summed E-state index contributed by atoms with van der Waals surface area (Å²) in [4.78, 5) is 84.0. The molecule has 0 aliphatic heterocycles. The van der Waals surface area contributed by atoms with E-state index in [1.165, 1.54) is 59.5 Å². The lowest BCUT2D eigenvalue weighted by Gasteiger charge is -2.30. The lowest BCUT2D eigenvalue weighted by atomic mass is 9.72. The second-order valence-corrected chi connectivity index (χ2v) is 27.9. The number of fused-ring (bicyclic) bond motifs is 4. The van der Waals surface area contributed by atoms with Crippen LogP contribution in [0.4, 0.5) is 0 Å². The number of aliphatic hydroxyl groups excluding tert-OH is 7. The van der Waals surface area contributed by atoms with E-state index in [1.54, 1.807) is 82.9 Å². The fourth-order valence-electron chi connectivity index (χ4n) is 13.2. The minimum atomic E-state index is -0.879. The predicted octanol–water partition coefficient (Wildman–Crippen LogP) is 20.9. The predicted molar refractivity (Wildman–Crippen MR) is 573 cm³/mol. The van der Waals surface area contributed by atoms with Gasteiger partial charge in [0.1, 0.15) is 0 Å². The van der Waals surface area contributed by atoms with Gasteiger partial charge in [0, 0.05) is 99.7 Å². The average Bonchev–Trinajstić information content (AvgIpc) is 1.53. The highest BCUT2D eigenvalue weighted by Gasteiger charge is 2.55. The molecule has 818 valence electrons. The summed E-state index contributed by atoms with van der Waals surface area (Å²) in [6, 6.07) is 130. The molecule has 0 radical (unpaired) electrons. The molecule has 0 saturated heterocycles. The molecule has 0 atom stereocenters. The third kappa shape index (κ3) is 68.6. The summed E-state index contributed by atoms with van der Waals surface area (Å²) in [5.74, 6) is -1.46. The molecule has 0 fully saturated rings. The number of benzene rings is 14. The SMILES string of the molecule is CC1(C)CC2(CC(C)(C)c3ccccc32)c2ccccc21.CO.CO.CO.CO.CO.CO.CO.COO.COO.COO.COO.COO.O=C(O)c1ccccc1.O=C(O)c1ccccc1.O=C(c1ccccc1)c1ccccc1.O=C(c1ccccc1)c1ccccc1.O=C(c1ccccc1)c1ccccc1.O=C(c1ccccc1)c1ccccc1.OO.OO.OO.OO.OO.OO.c1ccc(Cc2ccccc2)cc1. The van der Waals surface area contributed by atoms with Gasteiger partial charge in [-0.2, -0.15) is 0 Å². The van der Waals surface area contributed by atoms with E-state index in [9.17, 15) is 28.8 Å². The molecule has 0 unspecified atom stereocenters. The molecule has 16 rings (SSSR count). The Balaban J connectivity index is -0.000000177. The lowest BCUT2D eigenvalue weighted by Crippen LogP contribution is -2.26. The van der Waals surface area contributed by atoms with Crippen molar-refractivity contribution in [2.75, 3.05) is 85.3 Å². The van der Waals surface area contributed by atoms with Crippen LogP contribution in [0.3, 0.4) is 0 Å². The molecule has 0 saturated carbocycles. The molecule has 14 aromatic carbocycles. The number of carboxylic acid groups (broad SMARTS) is 2. The molecular formula is C112H148O37. The summed E-state index contributed by atoms with van der Waals surface area (Å²) < 4.78 is 0. The van der Waals surface area contributed by atoms with Crippen LogP contribution < -0.4 is 0 Å². The fourth-order valence-corrected chi connectivity index (χ4v) is 13.2. The Kier molecular flexibility index (Phi) is 115. The molecule has 149 heavy (non-hydrogen) atoms. The van der Waals surface area contributed by atoms with E-state index in [-0.39, 0.29) is 39.4 Å². The van der Waals surface area contributed by atoms with E-state index in [0.29, 0.717) is 11.1 Å². The molecule has 37 heteroatoms. The van der Waals surface area contributed by atoms with Gasteiger partial charge in [0.2, 0.25) is 0 Å². The standard InChI is InChI=1S/C21H24.4C13H10O.C13H12.2C7H6O2.5CH4O2.7CH4O.6H2O2/c1-19(2)13-21(17-11-7-5-9-15(17)19)14-20(3,4)16-10-6-8-12-18(16)21;4*14-13(11-7-3-1-4-8-11)12-9-5-2-6-10-12;1-3-7-12(8-4-1)11-13-9-5-2-6-10-13;2*8-7(9)6-4-2-1-3-5-6;5*1-3-2;13*1-2/h5-12H,13-14H2,1-4H3;4*1-10H;1-10H,11H2;2*1-5H,(H,8,9);5*2H,1H3;7*2H,1H3;6*1-2H. The van der Waals surface area contributed by atoms with Crippen LogP contribution >= 0.6 is 0 Å². The smallest absolute Gasteiger partial charge is 0.335 e. The van der Waals surface area contributed by atoms with Gasteiger partial charge in [-0.05, 0) is 87.7 Å². The molecular weight excluding hydrogens is 1940 g/mol. The molecule has 0 amide bonds. The highest BCUT2D eigenvalue weighted by Crippen LogP contribution is 2.62. The topological polar surface area (TPSA) is 675 Å². The Morgan fingerprint density at radius 3 is 0.423 bits per heavy atom. The summed E-state index contributed by atoms with van der Waals surface area (Å²) in [7, 11) is 12.9. The van der Waals surface area contributed by atoms with Crippen LogP contribution in [-0.4, -0.2) is 256 Å². The van der Waals surface area contributed by atoms with Crippen LogP contribution in [0.15, 0.2) is 413 Å². The first kappa shape index (κ1) is 155. The van der Waals surface area contributed by atoms with Crippen molar-refractivity contribution in [1.29, 1.82) is 0 Å². The number of carbonyl (C=O) groups excluding carboxylic acids is 4. The molecule has 0 aromatic heterocycles. The summed E-state index contributed by atoms with van der Waals surface area (Å²) in [6.45, 7) is 9.64. The van der Waals surface area contributed by atoms with E-state index >= 15 is 0 Å². The molecule has 26 N–H and O–H groups in total. The van der Waals surface area contributed by atoms with Crippen molar-refractivity contribution in [2.24, 2.45) is 0 Å². The van der Waals surface area contributed by atoms with Crippen LogP contribution in [0.1, 0.15) is 158 Å². The maximum absolute atomic E-state index is 11.8.